The lowest BCUT2D eigenvalue weighted by Crippen LogP contribution is -2.19. The summed E-state index contributed by atoms with van der Waals surface area (Å²) in [6.45, 7) is 7.86. The van der Waals surface area contributed by atoms with Crippen molar-refractivity contribution < 1.29 is 0 Å². The first-order valence-electron chi connectivity index (χ1n) is 5.35. The summed E-state index contributed by atoms with van der Waals surface area (Å²) >= 11 is 0. The summed E-state index contributed by atoms with van der Waals surface area (Å²) in [7, 11) is 0. The minimum atomic E-state index is 0.744. The maximum atomic E-state index is 5.67. The van der Waals surface area contributed by atoms with Gasteiger partial charge in [0.25, 0.3) is 0 Å². The average molecular weight is 169 g/mol. The van der Waals surface area contributed by atoms with Crippen molar-refractivity contribution >= 4 is 0 Å². The van der Waals surface area contributed by atoms with E-state index in [1.807, 2.05) is 0 Å². The van der Waals surface area contributed by atoms with Crippen molar-refractivity contribution in [2.24, 2.45) is 29.4 Å². The Hall–Kier alpha value is -0.0400. The Bertz CT molecular complexity index is 131. The highest BCUT2D eigenvalue weighted by molar-refractivity contribution is 4.80. The van der Waals surface area contributed by atoms with E-state index in [2.05, 4.69) is 20.8 Å². The lowest BCUT2D eigenvalue weighted by atomic mass is 9.89. The van der Waals surface area contributed by atoms with E-state index >= 15 is 0 Å². The molecule has 1 heteroatoms. The van der Waals surface area contributed by atoms with Gasteiger partial charge in [0.15, 0.2) is 0 Å². The Morgan fingerprint density at radius 3 is 2.17 bits per heavy atom. The van der Waals surface area contributed by atoms with Gasteiger partial charge in [-0.1, -0.05) is 20.8 Å². The third kappa shape index (κ3) is 2.22. The molecule has 72 valence electrons. The van der Waals surface area contributed by atoms with Gasteiger partial charge < -0.3 is 5.73 Å². The highest BCUT2D eigenvalue weighted by atomic mass is 14.6. The highest BCUT2D eigenvalue weighted by Crippen LogP contribution is 2.38. The van der Waals surface area contributed by atoms with Crippen molar-refractivity contribution in [3.8, 4) is 0 Å². The Morgan fingerprint density at radius 2 is 1.75 bits per heavy atom. The second-order valence-corrected chi connectivity index (χ2v) is 4.79. The molecular weight excluding hydrogens is 146 g/mol. The molecule has 0 amide bonds. The van der Waals surface area contributed by atoms with Crippen LogP contribution in [0.25, 0.3) is 0 Å². The molecule has 0 aliphatic heterocycles. The monoisotopic (exact) mass is 169 g/mol. The number of nitrogens with two attached hydrogens (primary N) is 1. The predicted molar refractivity (Wildman–Crippen MR) is 53.9 cm³/mol. The van der Waals surface area contributed by atoms with E-state index in [-0.39, 0.29) is 0 Å². The minimum absolute atomic E-state index is 0.744. The van der Waals surface area contributed by atoms with Crippen molar-refractivity contribution in [1.82, 2.24) is 0 Å². The molecule has 0 aromatic heterocycles. The van der Waals surface area contributed by atoms with Crippen LogP contribution < -0.4 is 5.73 Å². The maximum Gasteiger partial charge on any atom is -0.00489 e. The summed E-state index contributed by atoms with van der Waals surface area (Å²) in [5.74, 6) is 3.51. The van der Waals surface area contributed by atoms with Crippen molar-refractivity contribution in [1.29, 1.82) is 0 Å². The zero-order valence-electron chi connectivity index (χ0n) is 8.72. The van der Waals surface area contributed by atoms with Crippen LogP contribution in [0, 0.1) is 23.7 Å². The average Bonchev–Trinajstić information content (AvgIpc) is 2.51. The molecule has 0 radical (unpaired) electrons. The molecule has 1 fully saturated rings. The maximum absolute atomic E-state index is 5.67. The third-order valence-electron chi connectivity index (χ3n) is 3.63. The first-order valence-corrected chi connectivity index (χ1v) is 5.35. The molecule has 1 saturated carbocycles. The molecule has 0 heterocycles. The van der Waals surface area contributed by atoms with Gasteiger partial charge in [0.2, 0.25) is 0 Å². The lowest BCUT2D eigenvalue weighted by Gasteiger charge is -2.18. The standard InChI is InChI=1S/C11H23N/c1-8(2)10-4-5-11(6-10)9(3)7-12/h8-11H,4-7,12H2,1-3H3. The van der Waals surface area contributed by atoms with Gasteiger partial charge in [-0.3, -0.25) is 0 Å². The summed E-state index contributed by atoms with van der Waals surface area (Å²) < 4.78 is 0. The number of rotatable bonds is 3. The molecule has 1 rings (SSSR count). The normalized spacial score (nSPS) is 32.8. The molecule has 1 aliphatic rings. The van der Waals surface area contributed by atoms with E-state index in [9.17, 15) is 0 Å². The fourth-order valence-electron chi connectivity index (χ4n) is 2.37. The molecule has 0 saturated heterocycles. The SMILES string of the molecule is CC(C)C1CCC(C(C)CN)C1. The Balaban J connectivity index is 2.35. The molecule has 2 N–H and O–H groups in total. The van der Waals surface area contributed by atoms with E-state index in [1.165, 1.54) is 19.3 Å². The molecule has 1 aliphatic carbocycles. The molecule has 0 aromatic carbocycles. The molecule has 12 heavy (non-hydrogen) atoms. The largest absolute Gasteiger partial charge is 0.330 e. The molecule has 3 atom stereocenters. The van der Waals surface area contributed by atoms with Gasteiger partial charge in [-0.05, 0) is 49.5 Å². The van der Waals surface area contributed by atoms with Crippen molar-refractivity contribution in [2.45, 2.75) is 40.0 Å². The van der Waals surface area contributed by atoms with E-state index < -0.39 is 0 Å². The third-order valence-corrected chi connectivity index (χ3v) is 3.63. The van der Waals surface area contributed by atoms with E-state index in [1.54, 1.807) is 0 Å². The molecule has 0 spiro atoms. The van der Waals surface area contributed by atoms with Gasteiger partial charge in [0.05, 0.1) is 0 Å². The van der Waals surface area contributed by atoms with Gasteiger partial charge in [-0.25, -0.2) is 0 Å². The second-order valence-electron chi connectivity index (χ2n) is 4.79. The summed E-state index contributed by atoms with van der Waals surface area (Å²) in [6.07, 6.45) is 4.28. The van der Waals surface area contributed by atoms with Crippen LogP contribution in [0.5, 0.6) is 0 Å². The summed E-state index contributed by atoms with van der Waals surface area (Å²) in [5.41, 5.74) is 5.67. The highest BCUT2D eigenvalue weighted by Gasteiger charge is 2.29. The number of hydrogen-bond donors (Lipinski definition) is 1. The molecular formula is C11H23N. The summed E-state index contributed by atoms with van der Waals surface area (Å²) in [6, 6.07) is 0. The fraction of sp³-hybridized carbons (Fsp3) is 1.00. The smallest absolute Gasteiger partial charge is 0.00489 e. The minimum Gasteiger partial charge on any atom is -0.330 e. The summed E-state index contributed by atoms with van der Waals surface area (Å²) in [4.78, 5) is 0. The number of hydrogen-bond acceptors (Lipinski definition) is 1. The van der Waals surface area contributed by atoms with Gasteiger partial charge in [-0.2, -0.15) is 0 Å². The van der Waals surface area contributed by atoms with E-state index in [4.69, 9.17) is 5.73 Å². The van der Waals surface area contributed by atoms with Gasteiger partial charge in [-0.15, -0.1) is 0 Å². The van der Waals surface area contributed by atoms with Crippen molar-refractivity contribution in [2.75, 3.05) is 6.54 Å². The van der Waals surface area contributed by atoms with Gasteiger partial charge in [0, 0.05) is 0 Å². The molecule has 0 aromatic rings. The van der Waals surface area contributed by atoms with Crippen LogP contribution in [0.1, 0.15) is 40.0 Å². The van der Waals surface area contributed by atoms with Gasteiger partial charge >= 0.3 is 0 Å². The zero-order valence-corrected chi connectivity index (χ0v) is 8.72. The summed E-state index contributed by atoms with van der Waals surface area (Å²) in [5, 5.41) is 0. The Kier molecular flexibility index (Phi) is 3.57. The Morgan fingerprint density at radius 1 is 1.17 bits per heavy atom. The van der Waals surface area contributed by atoms with Crippen LogP contribution in [0.2, 0.25) is 0 Å². The zero-order chi connectivity index (χ0) is 9.14. The van der Waals surface area contributed by atoms with E-state index in [0.717, 1.165) is 30.2 Å². The lowest BCUT2D eigenvalue weighted by molar-refractivity contribution is 0.330. The van der Waals surface area contributed by atoms with Crippen molar-refractivity contribution in [3.05, 3.63) is 0 Å². The van der Waals surface area contributed by atoms with Crippen LogP contribution in [-0.2, 0) is 0 Å². The fourth-order valence-corrected chi connectivity index (χ4v) is 2.37. The first-order chi connectivity index (χ1) is 5.65. The van der Waals surface area contributed by atoms with Crippen LogP contribution in [0.15, 0.2) is 0 Å². The van der Waals surface area contributed by atoms with Crippen LogP contribution in [-0.4, -0.2) is 6.54 Å². The topological polar surface area (TPSA) is 26.0 Å². The van der Waals surface area contributed by atoms with Crippen LogP contribution >= 0.6 is 0 Å². The molecule has 3 unspecified atom stereocenters. The quantitative estimate of drug-likeness (QED) is 0.690. The predicted octanol–water partition coefficient (Wildman–Crippen LogP) is 2.65. The molecule has 1 nitrogen and oxygen atoms in total. The second kappa shape index (κ2) is 4.27. The van der Waals surface area contributed by atoms with Crippen LogP contribution in [0.4, 0.5) is 0 Å². The van der Waals surface area contributed by atoms with Gasteiger partial charge in [0.1, 0.15) is 0 Å². The van der Waals surface area contributed by atoms with Crippen molar-refractivity contribution in [3.63, 3.8) is 0 Å². The van der Waals surface area contributed by atoms with Crippen LogP contribution in [0.3, 0.4) is 0 Å². The molecule has 0 bridgehead atoms. The Labute approximate surface area is 76.7 Å². The first kappa shape index (κ1) is 10.0. The van der Waals surface area contributed by atoms with E-state index in [0.29, 0.717) is 0 Å².